The summed E-state index contributed by atoms with van der Waals surface area (Å²) in [6.07, 6.45) is -4.83. The van der Waals surface area contributed by atoms with Crippen molar-refractivity contribution in [2.24, 2.45) is 0 Å². The van der Waals surface area contributed by atoms with E-state index in [0.29, 0.717) is 0 Å². The fourth-order valence-corrected chi connectivity index (χ4v) is 0.745. The Morgan fingerprint density at radius 3 is 2.21 bits per heavy atom. The number of halogens is 3. The highest BCUT2D eigenvalue weighted by molar-refractivity contribution is 5.66. The molecule has 0 aliphatic heterocycles. The van der Waals surface area contributed by atoms with Crippen LogP contribution in [0.1, 0.15) is 0 Å². The van der Waals surface area contributed by atoms with Crippen LogP contribution in [0.15, 0.2) is 6.07 Å². The highest BCUT2D eigenvalue weighted by Crippen LogP contribution is 2.30. The van der Waals surface area contributed by atoms with Gasteiger partial charge in [-0.15, -0.1) is 13.2 Å². The maximum absolute atomic E-state index is 11.8. The van der Waals surface area contributed by atoms with Gasteiger partial charge in [-0.25, -0.2) is 4.98 Å². The molecule has 78 valence electrons. The van der Waals surface area contributed by atoms with Gasteiger partial charge < -0.3 is 21.9 Å². The lowest BCUT2D eigenvalue weighted by Gasteiger charge is -2.11. The third-order valence-electron chi connectivity index (χ3n) is 1.30. The van der Waals surface area contributed by atoms with E-state index in [-0.39, 0.29) is 11.5 Å². The van der Waals surface area contributed by atoms with Gasteiger partial charge in [0.05, 0.1) is 5.69 Å². The quantitative estimate of drug-likeness (QED) is 0.631. The summed E-state index contributed by atoms with van der Waals surface area (Å²) in [7, 11) is 0. The molecule has 1 aromatic heterocycles. The second kappa shape index (κ2) is 3.13. The lowest BCUT2D eigenvalue weighted by molar-refractivity contribution is -0.274. The van der Waals surface area contributed by atoms with Crippen molar-refractivity contribution in [2.75, 3.05) is 17.2 Å². The standard InChI is InChI=1S/C6H7F3N4O/c7-6(8,9)14-3-1-2(10)4(11)13-5(3)12/h1H,10H2,(H4,11,12,13). The van der Waals surface area contributed by atoms with E-state index in [9.17, 15) is 13.2 Å². The van der Waals surface area contributed by atoms with Gasteiger partial charge in [0.25, 0.3) is 0 Å². The molecule has 0 spiro atoms. The number of ether oxygens (including phenoxy) is 1. The number of nitrogen functional groups attached to an aromatic ring is 3. The maximum Gasteiger partial charge on any atom is 0.573 e. The number of nitrogens with two attached hydrogens (primary N) is 3. The van der Waals surface area contributed by atoms with Crippen LogP contribution in [0.5, 0.6) is 5.75 Å². The third-order valence-corrected chi connectivity index (χ3v) is 1.30. The molecule has 1 heterocycles. The summed E-state index contributed by atoms with van der Waals surface area (Å²) < 4.78 is 38.9. The average Bonchev–Trinajstić information content (AvgIpc) is 1.97. The van der Waals surface area contributed by atoms with Crippen molar-refractivity contribution < 1.29 is 17.9 Å². The molecule has 0 aliphatic rings. The lowest BCUT2D eigenvalue weighted by atomic mass is 10.3. The van der Waals surface area contributed by atoms with Crippen LogP contribution in [0.2, 0.25) is 0 Å². The van der Waals surface area contributed by atoms with Gasteiger partial charge in [-0.05, 0) is 0 Å². The minimum absolute atomic E-state index is 0.126. The fourth-order valence-electron chi connectivity index (χ4n) is 0.745. The first kappa shape index (κ1) is 10.2. The first-order chi connectivity index (χ1) is 6.29. The molecule has 0 aromatic carbocycles. The van der Waals surface area contributed by atoms with E-state index in [1.165, 1.54) is 0 Å². The van der Waals surface area contributed by atoms with Crippen molar-refractivity contribution in [3.8, 4) is 5.75 Å². The summed E-state index contributed by atoms with van der Waals surface area (Å²) in [5.74, 6) is -1.27. The van der Waals surface area contributed by atoms with Gasteiger partial charge in [-0.3, -0.25) is 0 Å². The summed E-state index contributed by atoms with van der Waals surface area (Å²) in [6, 6.07) is 0.866. The molecule has 0 unspecified atom stereocenters. The molecule has 0 saturated carbocycles. The van der Waals surface area contributed by atoms with Gasteiger partial charge >= 0.3 is 6.36 Å². The topological polar surface area (TPSA) is 100 Å². The Morgan fingerprint density at radius 1 is 1.14 bits per heavy atom. The van der Waals surface area contributed by atoms with Crippen LogP contribution in [0.4, 0.5) is 30.5 Å². The summed E-state index contributed by atoms with van der Waals surface area (Å²) in [4.78, 5) is 3.36. The molecule has 0 aliphatic carbocycles. The number of nitrogens with zero attached hydrogens (tertiary/aromatic N) is 1. The predicted octanol–water partition coefficient (Wildman–Crippen LogP) is 0.727. The molecule has 8 heteroatoms. The van der Waals surface area contributed by atoms with E-state index in [1.807, 2.05) is 0 Å². The summed E-state index contributed by atoms with van der Waals surface area (Å²) in [5.41, 5.74) is 15.4. The zero-order valence-corrected chi connectivity index (χ0v) is 6.80. The molecule has 0 fully saturated rings. The zero-order chi connectivity index (χ0) is 10.9. The Balaban J connectivity index is 3.04. The zero-order valence-electron chi connectivity index (χ0n) is 6.80. The molecular weight excluding hydrogens is 201 g/mol. The largest absolute Gasteiger partial charge is 0.573 e. The lowest BCUT2D eigenvalue weighted by Crippen LogP contribution is -2.18. The number of alkyl halides is 3. The van der Waals surface area contributed by atoms with Gasteiger partial charge in [0.15, 0.2) is 11.6 Å². The molecule has 0 bridgehead atoms. The van der Waals surface area contributed by atoms with Crippen molar-refractivity contribution in [2.45, 2.75) is 6.36 Å². The molecule has 6 N–H and O–H groups in total. The Labute approximate surface area is 76.6 Å². The highest BCUT2D eigenvalue weighted by atomic mass is 19.4. The van der Waals surface area contributed by atoms with Crippen molar-refractivity contribution in [3.05, 3.63) is 6.07 Å². The fraction of sp³-hybridized carbons (Fsp3) is 0.167. The Hall–Kier alpha value is -1.86. The van der Waals surface area contributed by atoms with Crippen molar-refractivity contribution >= 4 is 17.3 Å². The van der Waals surface area contributed by atoms with Gasteiger partial charge in [-0.1, -0.05) is 0 Å². The van der Waals surface area contributed by atoms with Crippen LogP contribution in [0.3, 0.4) is 0 Å². The van der Waals surface area contributed by atoms with Crippen LogP contribution in [0.25, 0.3) is 0 Å². The Morgan fingerprint density at radius 2 is 1.71 bits per heavy atom. The molecule has 0 atom stereocenters. The van der Waals surface area contributed by atoms with Crippen LogP contribution in [-0.4, -0.2) is 11.3 Å². The van der Waals surface area contributed by atoms with E-state index < -0.39 is 17.9 Å². The van der Waals surface area contributed by atoms with Crippen LogP contribution in [-0.2, 0) is 0 Å². The van der Waals surface area contributed by atoms with Crippen LogP contribution in [0, 0.1) is 0 Å². The highest BCUT2D eigenvalue weighted by Gasteiger charge is 2.32. The molecule has 1 aromatic rings. The molecule has 1 rings (SSSR count). The van der Waals surface area contributed by atoms with Crippen molar-refractivity contribution in [1.29, 1.82) is 0 Å². The summed E-state index contributed by atoms with van der Waals surface area (Å²) >= 11 is 0. The molecule has 14 heavy (non-hydrogen) atoms. The number of anilines is 3. The van der Waals surface area contributed by atoms with E-state index in [4.69, 9.17) is 17.2 Å². The minimum atomic E-state index is -4.83. The van der Waals surface area contributed by atoms with E-state index >= 15 is 0 Å². The SMILES string of the molecule is Nc1cc(OC(F)(F)F)c(N)nc1N. The van der Waals surface area contributed by atoms with Crippen molar-refractivity contribution in [3.63, 3.8) is 0 Å². The second-order valence-corrected chi connectivity index (χ2v) is 2.39. The van der Waals surface area contributed by atoms with Crippen LogP contribution >= 0.6 is 0 Å². The number of hydrogen-bond acceptors (Lipinski definition) is 5. The smallest absolute Gasteiger partial charge is 0.402 e. The molecule has 0 amide bonds. The summed E-state index contributed by atoms with van der Waals surface area (Å²) in [5, 5.41) is 0. The van der Waals surface area contributed by atoms with Crippen molar-refractivity contribution in [1.82, 2.24) is 4.98 Å². The predicted molar refractivity (Wildman–Crippen MR) is 44.2 cm³/mol. The van der Waals surface area contributed by atoms with E-state index in [1.54, 1.807) is 0 Å². The van der Waals surface area contributed by atoms with Gasteiger partial charge in [0.2, 0.25) is 0 Å². The number of pyridine rings is 1. The molecule has 5 nitrogen and oxygen atoms in total. The normalized spacial score (nSPS) is 11.4. The van der Waals surface area contributed by atoms with Gasteiger partial charge in [-0.2, -0.15) is 0 Å². The maximum atomic E-state index is 11.8. The first-order valence-corrected chi connectivity index (χ1v) is 3.37. The van der Waals surface area contributed by atoms with Gasteiger partial charge in [0.1, 0.15) is 5.82 Å². The number of aromatic nitrogens is 1. The van der Waals surface area contributed by atoms with Crippen LogP contribution < -0.4 is 21.9 Å². The number of hydrogen-bond donors (Lipinski definition) is 3. The third kappa shape index (κ3) is 2.31. The molecule has 0 radical (unpaired) electrons. The minimum Gasteiger partial charge on any atom is -0.402 e. The molecular formula is C6H7F3N4O. The molecule has 0 saturated heterocycles. The monoisotopic (exact) mass is 208 g/mol. The first-order valence-electron chi connectivity index (χ1n) is 3.37. The van der Waals surface area contributed by atoms with E-state index in [0.717, 1.165) is 6.07 Å². The Bertz CT molecular complexity index is 352. The van der Waals surface area contributed by atoms with Gasteiger partial charge in [0, 0.05) is 6.07 Å². The summed E-state index contributed by atoms with van der Waals surface area (Å²) in [6.45, 7) is 0. The Kier molecular flexibility index (Phi) is 2.28. The van der Waals surface area contributed by atoms with E-state index in [2.05, 4.69) is 9.72 Å². The number of rotatable bonds is 1. The average molecular weight is 208 g/mol. The second-order valence-electron chi connectivity index (χ2n) is 2.39.